The van der Waals surface area contributed by atoms with Crippen molar-refractivity contribution in [2.45, 2.75) is 52.2 Å². The van der Waals surface area contributed by atoms with E-state index in [1.165, 1.54) is 11.3 Å². The molecule has 2 aliphatic rings. The number of hydrogen-bond acceptors (Lipinski definition) is 8. The summed E-state index contributed by atoms with van der Waals surface area (Å²) >= 11 is 1.44. The number of ether oxygens (including phenoxy) is 3. The summed E-state index contributed by atoms with van der Waals surface area (Å²) in [6.45, 7) is 8.81. The minimum absolute atomic E-state index is 0.214. The van der Waals surface area contributed by atoms with Crippen molar-refractivity contribution in [1.29, 1.82) is 0 Å². The molecule has 2 aromatic rings. The fraction of sp³-hybridized carbons (Fsp3) is 0.522. The second-order valence-electron chi connectivity index (χ2n) is 9.02. The molecular weight excluding hydrogens is 416 g/mol. The van der Waals surface area contributed by atoms with E-state index >= 15 is 0 Å². The zero-order valence-corrected chi connectivity index (χ0v) is 19.1. The maximum Gasteiger partial charge on any atom is 0.324 e. The first-order valence-electron chi connectivity index (χ1n) is 10.5. The van der Waals surface area contributed by atoms with Gasteiger partial charge in [0.15, 0.2) is 16.1 Å². The molecule has 1 aromatic carbocycles. The van der Waals surface area contributed by atoms with Crippen LogP contribution in [-0.2, 0) is 29.4 Å². The third-order valence-electron chi connectivity index (χ3n) is 5.78. The van der Waals surface area contributed by atoms with Crippen LogP contribution < -0.4 is 5.32 Å². The van der Waals surface area contributed by atoms with Gasteiger partial charge in [-0.25, -0.2) is 4.98 Å². The lowest BCUT2D eigenvalue weighted by Crippen LogP contribution is -2.32. The highest BCUT2D eigenvalue weighted by molar-refractivity contribution is 7.13. The van der Waals surface area contributed by atoms with Crippen LogP contribution in [-0.4, -0.2) is 36.2 Å². The Morgan fingerprint density at radius 1 is 1.29 bits per heavy atom. The predicted octanol–water partition coefficient (Wildman–Crippen LogP) is 4.33. The highest BCUT2D eigenvalue weighted by atomic mass is 32.1. The summed E-state index contributed by atoms with van der Waals surface area (Å²) in [5.74, 6) is -0.668. The van der Waals surface area contributed by atoms with Crippen LogP contribution in [0.3, 0.4) is 0 Å². The number of nitrogens with zero attached hydrogens (tertiary/aromatic N) is 1. The van der Waals surface area contributed by atoms with Gasteiger partial charge >= 0.3 is 11.9 Å². The maximum absolute atomic E-state index is 12.9. The van der Waals surface area contributed by atoms with Crippen molar-refractivity contribution >= 4 is 34.1 Å². The summed E-state index contributed by atoms with van der Waals surface area (Å²) in [7, 11) is 0. The second-order valence-corrected chi connectivity index (χ2v) is 9.88. The Bertz CT molecular complexity index is 990. The second kappa shape index (κ2) is 8.24. The molecule has 3 atom stereocenters. The van der Waals surface area contributed by atoms with Gasteiger partial charge in [-0.05, 0) is 31.4 Å². The van der Waals surface area contributed by atoms with Crippen LogP contribution in [0.25, 0.3) is 0 Å². The number of aryl methyl sites for hydroxylation is 1. The molecule has 2 saturated heterocycles. The van der Waals surface area contributed by atoms with Crippen LogP contribution in [0, 0.1) is 18.3 Å². The normalized spacial score (nSPS) is 27.7. The molecule has 0 amide bonds. The third-order valence-corrected chi connectivity index (χ3v) is 6.53. The Hall–Kier alpha value is -2.45. The summed E-state index contributed by atoms with van der Waals surface area (Å²) in [5.41, 5.74) is 0.444. The molecule has 0 aliphatic carbocycles. The number of hydrogen-bond donors (Lipinski definition) is 1. The molecule has 8 heteroatoms. The number of esters is 2. The molecule has 4 rings (SSSR count). The monoisotopic (exact) mass is 444 g/mol. The van der Waals surface area contributed by atoms with Gasteiger partial charge in [-0.1, -0.05) is 32.0 Å². The minimum Gasteiger partial charge on any atom is -0.459 e. The molecule has 0 bridgehead atoms. The SMILES string of the molecule is Cc1ccccc1Nc1nc([C@]2(C)C[C@@]3(C[C@H](COCC(C)C)OC3=O)C(=O)O2)cs1. The lowest BCUT2D eigenvalue weighted by molar-refractivity contribution is -0.160. The number of nitrogens with one attached hydrogen (secondary N) is 1. The van der Waals surface area contributed by atoms with E-state index in [1.54, 1.807) is 0 Å². The zero-order valence-electron chi connectivity index (χ0n) is 18.3. The molecule has 0 saturated carbocycles. The highest BCUT2D eigenvalue weighted by Gasteiger charge is 2.65. The van der Waals surface area contributed by atoms with E-state index in [2.05, 4.69) is 24.1 Å². The van der Waals surface area contributed by atoms with Crippen LogP contribution in [0.4, 0.5) is 10.8 Å². The lowest BCUT2D eigenvalue weighted by Gasteiger charge is -2.20. The fourth-order valence-corrected chi connectivity index (χ4v) is 4.99. The van der Waals surface area contributed by atoms with Gasteiger partial charge in [-0.2, -0.15) is 0 Å². The standard InChI is InChI=1S/C23H28N2O5S/c1-14(2)10-28-11-16-9-23(19(26)29-16)13-22(4,30-20(23)27)18-12-31-21(25-18)24-17-8-6-5-7-15(17)3/h5-8,12,14,16H,9-11,13H2,1-4H3,(H,24,25)/t16-,22+,23-/m1/s1. The number of carbonyl (C=O) groups is 2. The number of carbonyl (C=O) groups excluding carboxylic acids is 2. The minimum atomic E-state index is -1.28. The first-order chi connectivity index (χ1) is 14.7. The molecule has 1 aromatic heterocycles. The molecule has 0 radical (unpaired) electrons. The molecule has 31 heavy (non-hydrogen) atoms. The van der Waals surface area contributed by atoms with Gasteiger partial charge in [0, 0.05) is 30.5 Å². The first-order valence-corrected chi connectivity index (χ1v) is 11.4. The van der Waals surface area contributed by atoms with Crippen LogP contribution in [0.1, 0.15) is 44.9 Å². The largest absolute Gasteiger partial charge is 0.459 e. The average molecular weight is 445 g/mol. The molecule has 7 nitrogen and oxygen atoms in total. The van der Waals surface area contributed by atoms with Gasteiger partial charge in [-0.3, -0.25) is 9.59 Å². The Labute approximate surface area is 186 Å². The van der Waals surface area contributed by atoms with E-state index in [0.29, 0.717) is 23.4 Å². The molecule has 3 heterocycles. The smallest absolute Gasteiger partial charge is 0.324 e. The number of cyclic esters (lactones) is 2. The van der Waals surface area contributed by atoms with Crippen molar-refractivity contribution in [3.8, 4) is 0 Å². The molecular formula is C23H28N2O5S. The van der Waals surface area contributed by atoms with E-state index in [4.69, 9.17) is 14.2 Å². The number of para-hydroxylation sites is 1. The summed E-state index contributed by atoms with van der Waals surface area (Å²) in [5, 5.41) is 5.89. The van der Waals surface area contributed by atoms with Crippen molar-refractivity contribution < 1.29 is 23.8 Å². The Balaban J connectivity index is 1.48. The topological polar surface area (TPSA) is 86.8 Å². The van der Waals surface area contributed by atoms with Gasteiger partial charge in [0.05, 0.1) is 12.3 Å². The van der Waals surface area contributed by atoms with Crippen molar-refractivity contribution in [2.75, 3.05) is 18.5 Å². The van der Waals surface area contributed by atoms with Gasteiger partial charge in [-0.15, -0.1) is 11.3 Å². The Kier molecular flexibility index (Phi) is 5.79. The summed E-state index contributed by atoms with van der Waals surface area (Å²) in [6, 6.07) is 7.95. The van der Waals surface area contributed by atoms with E-state index in [1.807, 2.05) is 43.5 Å². The Morgan fingerprint density at radius 2 is 2.06 bits per heavy atom. The quantitative estimate of drug-likeness (QED) is 0.502. The van der Waals surface area contributed by atoms with Crippen LogP contribution in [0.2, 0.25) is 0 Å². The van der Waals surface area contributed by atoms with Gasteiger partial charge in [0.25, 0.3) is 0 Å². The number of aromatic nitrogens is 1. The first kappa shape index (κ1) is 21.8. The molecule has 2 fully saturated rings. The average Bonchev–Trinajstić information content (AvgIpc) is 3.36. The predicted molar refractivity (Wildman–Crippen MR) is 117 cm³/mol. The number of anilines is 2. The van der Waals surface area contributed by atoms with Crippen molar-refractivity contribution in [3.05, 3.63) is 40.9 Å². The summed E-state index contributed by atoms with van der Waals surface area (Å²) < 4.78 is 16.9. The molecule has 2 aliphatic heterocycles. The molecule has 1 N–H and O–H groups in total. The van der Waals surface area contributed by atoms with E-state index < -0.39 is 29.1 Å². The zero-order chi connectivity index (χ0) is 22.2. The van der Waals surface area contributed by atoms with E-state index in [0.717, 1.165) is 11.3 Å². The van der Waals surface area contributed by atoms with E-state index in [-0.39, 0.29) is 19.4 Å². The molecule has 1 spiro atoms. The van der Waals surface area contributed by atoms with Crippen LogP contribution in [0.5, 0.6) is 0 Å². The van der Waals surface area contributed by atoms with Gasteiger partial charge in [0.1, 0.15) is 6.10 Å². The third kappa shape index (κ3) is 4.19. The van der Waals surface area contributed by atoms with Crippen LogP contribution >= 0.6 is 11.3 Å². The van der Waals surface area contributed by atoms with E-state index in [9.17, 15) is 9.59 Å². The summed E-state index contributed by atoms with van der Waals surface area (Å²) in [6.07, 6.45) is 0.0535. The number of rotatable bonds is 7. The summed E-state index contributed by atoms with van der Waals surface area (Å²) in [4.78, 5) is 30.2. The van der Waals surface area contributed by atoms with Crippen molar-refractivity contribution in [2.24, 2.45) is 11.3 Å². The van der Waals surface area contributed by atoms with Crippen LogP contribution in [0.15, 0.2) is 29.6 Å². The molecule has 166 valence electrons. The van der Waals surface area contributed by atoms with Gasteiger partial charge in [0.2, 0.25) is 0 Å². The van der Waals surface area contributed by atoms with Crippen molar-refractivity contribution in [1.82, 2.24) is 4.98 Å². The number of benzene rings is 1. The fourth-order valence-electron chi connectivity index (χ4n) is 4.15. The highest BCUT2D eigenvalue weighted by Crippen LogP contribution is 2.52. The maximum atomic E-state index is 12.9. The lowest BCUT2D eigenvalue weighted by atomic mass is 9.78. The Morgan fingerprint density at radius 3 is 2.81 bits per heavy atom. The molecule has 0 unspecified atom stereocenters. The van der Waals surface area contributed by atoms with Crippen molar-refractivity contribution in [3.63, 3.8) is 0 Å². The number of thiazole rings is 1. The van der Waals surface area contributed by atoms with Gasteiger partial charge < -0.3 is 19.5 Å².